The number of fused-ring (bicyclic) bond motifs is 23. The van der Waals surface area contributed by atoms with Crippen molar-refractivity contribution in [1.29, 1.82) is 0 Å². The van der Waals surface area contributed by atoms with Crippen molar-refractivity contribution in [3.05, 3.63) is 138 Å². The number of aliphatic carboxylic acids is 2. The van der Waals surface area contributed by atoms with E-state index in [0.717, 1.165) is 21.5 Å². The molecule has 5 aromatic rings. The number of benzene rings is 5. The van der Waals surface area contributed by atoms with Gasteiger partial charge in [-0.25, -0.2) is 9.59 Å². The second-order valence-electron chi connectivity index (χ2n) is 27.1. The van der Waals surface area contributed by atoms with Crippen LogP contribution in [0.15, 0.2) is 121 Å². The van der Waals surface area contributed by atoms with Gasteiger partial charge >= 0.3 is 11.9 Å². The number of hydrogen-bond acceptors (Lipinski definition) is 15. The quantitative estimate of drug-likeness (QED) is 0.0671. The van der Waals surface area contributed by atoms with Gasteiger partial charge in [-0.3, -0.25) is 43.2 Å². The molecule has 26 heteroatoms. The predicted molar refractivity (Wildman–Crippen MR) is 369 cm³/mol. The third-order valence-corrected chi connectivity index (χ3v) is 18.3. The SMILES string of the molecule is CN[C@@H](C)C(=O)N[C@H](C(=O)N1C[C@@H]2C[C@H]1C(=O)N[C@@H](Cc1ccc3ccccc3c1)C(=O)N[C@H](C(=O)O)CCC(=O)N[C@H]1C[C@@H](C(=O)N[C@@H](Cc3ccc4ccccc4c3)C(=O)N[C@H](C(=O)O)Cc3ccc(cc3)OC/C=C/CO2)N(C(=O)[C@@H](NC(=O)[C@H](C)NC)C(C)(C)C)C1)C(C)C. The Labute approximate surface area is 575 Å². The molecular formula is C73H93N11O15. The summed E-state index contributed by atoms with van der Waals surface area (Å²) in [5.74, 6) is -9.30. The maximum Gasteiger partial charge on any atom is 0.326 e. The predicted octanol–water partition coefficient (Wildman–Crippen LogP) is 2.82. The zero-order valence-corrected chi connectivity index (χ0v) is 57.4. The fraction of sp³-hybridized carbons (Fsp3) is 0.466. The van der Waals surface area contributed by atoms with Gasteiger partial charge < -0.3 is 77.3 Å². The first-order valence-corrected chi connectivity index (χ1v) is 33.6. The number of nitrogens with zero attached hydrogens (tertiary/aromatic N) is 2. The molecule has 9 rings (SSSR count). The van der Waals surface area contributed by atoms with Crippen molar-refractivity contribution < 1.29 is 72.4 Å². The van der Waals surface area contributed by atoms with Gasteiger partial charge in [0.15, 0.2) is 0 Å². The van der Waals surface area contributed by atoms with E-state index >= 15 is 9.59 Å². The molecule has 0 unspecified atom stereocenters. The number of rotatable bonds is 15. The van der Waals surface area contributed by atoms with Crippen LogP contribution >= 0.6 is 0 Å². The summed E-state index contributed by atoms with van der Waals surface area (Å²) < 4.78 is 12.2. The van der Waals surface area contributed by atoms with E-state index in [2.05, 4.69) is 47.9 Å². The molecule has 530 valence electrons. The van der Waals surface area contributed by atoms with Gasteiger partial charge in [-0.05, 0) is 109 Å². The standard InChI is InChI=1S/C73H93N11O15/c1-41(2)61(81-63(86)42(3)74-8)69(92)84-40-53-38-59(84)68(91)79-55(35-45-20-24-47-16-10-12-18-49(47)32-45)65(88)77-54(71(94)95)28-29-60(85)76-51-37-58(83(39-51)70(93)62(73(5,6)7)82-64(87)43(4)75-9)67(90)78-56(36-46-21-25-48-17-11-13-19-50(48)33-46)66(89)80-57(72(96)97)34-44-22-26-52(27-23-44)98-30-14-15-31-99-53/h10-27,32-33,41-43,51,53-59,61-62,74-75H,28-31,34-40H2,1-9H3,(H,76,85)(H,77,88)(H,78,90)(H,79,91)(H,80,89)(H,81,86)(H,82,87)(H,94,95)(H,96,97)/b15-14+/t42-,43-,51-,53-,54-,55-,56-,57-,58-,59-,61-,62+/m0/s1. The molecule has 11 N–H and O–H groups in total. The normalized spacial score (nSPS) is 23.4. The Kier molecular flexibility index (Phi) is 25.9. The van der Waals surface area contributed by atoms with Crippen LogP contribution in [0.25, 0.3) is 21.5 Å². The molecule has 26 nitrogen and oxygen atoms in total. The summed E-state index contributed by atoms with van der Waals surface area (Å²) in [6.45, 7) is 11.6. The molecule has 0 radical (unpaired) electrons. The summed E-state index contributed by atoms with van der Waals surface area (Å²) in [7, 11) is 3.17. The van der Waals surface area contributed by atoms with Crippen molar-refractivity contribution in [3.63, 3.8) is 0 Å². The Morgan fingerprint density at radius 3 is 1.61 bits per heavy atom. The topological polar surface area (TPSA) is 361 Å². The van der Waals surface area contributed by atoms with Gasteiger partial charge in [-0.1, -0.05) is 138 Å². The molecule has 2 fully saturated rings. The zero-order chi connectivity index (χ0) is 71.8. The summed E-state index contributed by atoms with van der Waals surface area (Å²) in [4.78, 5) is 159. The second kappa shape index (κ2) is 34.1. The van der Waals surface area contributed by atoms with Crippen LogP contribution in [0.5, 0.6) is 5.75 Å². The van der Waals surface area contributed by atoms with Gasteiger partial charge in [-0.2, -0.15) is 0 Å². The van der Waals surface area contributed by atoms with Gasteiger partial charge in [0, 0.05) is 51.2 Å². The molecule has 0 spiro atoms. The molecular weight excluding hydrogens is 1270 g/mol. The first kappa shape index (κ1) is 75.0. The van der Waals surface area contributed by atoms with Crippen molar-refractivity contribution >= 4 is 86.6 Å². The minimum Gasteiger partial charge on any atom is -0.490 e. The second-order valence-corrected chi connectivity index (χ2v) is 27.1. The van der Waals surface area contributed by atoms with E-state index in [1.165, 1.54) is 9.80 Å². The minimum absolute atomic E-state index is 0.0129. The Morgan fingerprint density at radius 2 is 1.08 bits per heavy atom. The van der Waals surface area contributed by atoms with Crippen LogP contribution in [0.1, 0.15) is 90.8 Å². The van der Waals surface area contributed by atoms with Crippen LogP contribution in [0, 0.1) is 11.3 Å². The highest BCUT2D eigenvalue weighted by Crippen LogP contribution is 2.29. The number of amides is 9. The first-order chi connectivity index (χ1) is 47.1. The molecule has 2 saturated heterocycles. The summed E-state index contributed by atoms with van der Waals surface area (Å²) in [5, 5.41) is 49.8. The van der Waals surface area contributed by atoms with Crippen LogP contribution in [-0.4, -0.2) is 198 Å². The largest absolute Gasteiger partial charge is 0.490 e. The molecule has 0 aromatic heterocycles. The lowest BCUT2D eigenvalue weighted by Crippen LogP contribution is -2.61. The average molecular weight is 1360 g/mol. The maximum absolute atomic E-state index is 15.1. The molecule has 99 heavy (non-hydrogen) atoms. The van der Waals surface area contributed by atoms with Gasteiger partial charge in [0.05, 0.1) is 24.8 Å². The molecule has 4 aliphatic rings. The van der Waals surface area contributed by atoms with E-state index in [9.17, 15) is 53.4 Å². The minimum atomic E-state index is -1.73. The van der Waals surface area contributed by atoms with Gasteiger partial charge in [0.25, 0.3) is 0 Å². The van der Waals surface area contributed by atoms with E-state index in [-0.39, 0.29) is 58.4 Å². The summed E-state index contributed by atoms with van der Waals surface area (Å²) in [6, 6.07) is 18.9. The lowest BCUT2D eigenvalue weighted by atomic mass is 9.85. The third-order valence-electron chi connectivity index (χ3n) is 18.3. The van der Waals surface area contributed by atoms with Crippen molar-refractivity contribution in [2.75, 3.05) is 40.4 Å². The van der Waals surface area contributed by atoms with Crippen molar-refractivity contribution in [1.82, 2.24) is 57.7 Å². The van der Waals surface area contributed by atoms with Crippen LogP contribution in [-0.2, 0) is 76.7 Å². The van der Waals surface area contributed by atoms with Gasteiger partial charge in [0.1, 0.15) is 60.7 Å². The van der Waals surface area contributed by atoms with Crippen molar-refractivity contribution in [2.24, 2.45) is 11.3 Å². The molecule has 9 amide bonds. The molecule has 4 aliphatic heterocycles. The van der Waals surface area contributed by atoms with E-state index in [1.54, 1.807) is 111 Å². The lowest BCUT2D eigenvalue weighted by Gasteiger charge is -2.36. The Morgan fingerprint density at radius 1 is 0.576 bits per heavy atom. The molecule has 0 aliphatic carbocycles. The highest BCUT2D eigenvalue weighted by molar-refractivity contribution is 5.98. The third kappa shape index (κ3) is 20.2. The Bertz CT molecular complexity index is 3800. The van der Waals surface area contributed by atoms with E-state index in [0.29, 0.717) is 22.4 Å². The number of carbonyl (C=O) groups excluding carboxylic acids is 9. The van der Waals surface area contributed by atoms with E-state index < -0.39 is 162 Å². The van der Waals surface area contributed by atoms with E-state index in [4.69, 9.17) is 9.47 Å². The fourth-order valence-electron chi connectivity index (χ4n) is 12.3. The number of likely N-dealkylation sites (N-methyl/N-ethyl adjacent to an activating group) is 2. The molecule has 5 aromatic carbocycles. The van der Waals surface area contributed by atoms with Crippen LogP contribution in [0.3, 0.4) is 0 Å². The number of likely N-dealkylation sites (tertiary alicyclic amines) is 2. The summed E-state index contributed by atoms with van der Waals surface area (Å²) in [5.41, 5.74) is 0.739. The number of carbonyl (C=O) groups is 11. The van der Waals surface area contributed by atoms with Crippen molar-refractivity contribution in [3.8, 4) is 5.75 Å². The monoisotopic (exact) mass is 1360 g/mol. The zero-order valence-electron chi connectivity index (χ0n) is 57.4. The number of carboxylic acid groups (broad SMARTS) is 2. The highest BCUT2D eigenvalue weighted by Gasteiger charge is 2.48. The van der Waals surface area contributed by atoms with Crippen LogP contribution in [0.2, 0.25) is 0 Å². The number of carboxylic acids is 2. The smallest absolute Gasteiger partial charge is 0.326 e. The van der Waals surface area contributed by atoms with Gasteiger partial charge in [0.2, 0.25) is 53.2 Å². The summed E-state index contributed by atoms with van der Waals surface area (Å²) in [6.07, 6.45) is 0.874. The van der Waals surface area contributed by atoms with E-state index in [1.807, 2.05) is 72.8 Å². The molecule has 6 bridgehead atoms. The Hall–Kier alpha value is -9.79. The van der Waals surface area contributed by atoms with Crippen LogP contribution < -0.4 is 52.6 Å². The van der Waals surface area contributed by atoms with Crippen LogP contribution in [0.4, 0.5) is 0 Å². The first-order valence-electron chi connectivity index (χ1n) is 33.6. The highest BCUT2D eigenvalue weighted by atomic mass is 16.5. The number of nitrogens with one attached hydrogen (secondary N) is 9. The fourth-order valence-corrected chi connectivity index (χ4v) is 12.3. The maximum atomic E-state index is 15.1. The van der Waals surface area contributed by atoms with Gasteiger partial charge in [-0.15, -0.1) is 0 Å². The molecule has 12 atom stereocenters. The lowest BCUT2D eigenvalue weighted by molar-refractivity contribution is -0.145. The van der Waals surface area contributed by atoms with Crippen molar-refractivity contribution in [2.45, 2.75) is 166 Å². The number of hydrogen-bond donors (Lipinski definition) is 11. The Balaban J connectivity index is 1.13. The summed E-state index contributed by atoms with van der Waals surface area (Å²) >= 11 is 0. The molecule has 0 saturated carbocycles. The number of ether oxygens (including phenoxy) is 2. The molecule has 4 heterocycles. The average Bonchev–Trinajstić information content (AvgIpc) is 1.70.